The summed E-state index contributed by atoms with van der Waals surface area (Å²) in [6, 6.07) is 9.22. The molecule has 0 fully saturated rings. The molecule has 100 valence electrons. The molecule has 0 atom stereocenters. The molecule has 0 bridgehead atoms. The van der Waals surface area contributed by atoms with Crippen molar-refractivity contribution in [1.82, 2.24) is 0 Å². The van der Waals surface area contributed by atoms with E-state index in [4.69, 9.17) is 4.74 Å². The number of nitrogens with zero attached hydrogens (tertiary/aromatic N) is 1. The van der Waals surface area contributed by atoms with E-state index < -0.39 is 0 Å². The van der Waals surface area contributed by atoms with Crippen molar-refractivity contribution in [3.63, 3.8) is 0 Å². The van der Waals surface area contributed by atoms with Crippen LogP contribution in [-0.4, -0.2) is 11.5 Å². The quantitative estimate of drug-likeness (QED) is 0.647. The lowest BCUT2D eigenvalue weighted by Gasteiger charge is -2.06. The van der Waals surface area contributed by atoms with Crippen LogP contribution in [0.25, 0.3) is 0 Å². The summed E-state index contributed by atoms with van der Waals surface area (Å²) in [5.74, 6) is 0.833. The first-order valence-electron chi connectivity index (χ1n) is 5.87. The van der Waals surface area contributed by atoms with Crippen molar-refractivity contribution < 1.29 is 9.66 Å². The Morgan fingerprint density at radius 3 is 2.68 bits per heavy atom. The number of nitrogens with one attached hydrogen (secondary N) is 1. The van der Waals surface area contributed by atoms with Crippen LogP contribution in [0.3, 0.4) is 0 Å². The van der Waals surface area contributed by atoms with Gasteiger partial charge in [-0.25, -0.2) is 0 Å². The number of ether oxygens (including phenoxy) is 1. The topological polar surface area (TPSA) is 64.4 Å². The molecule has 0 unspecified atom stereocenters. The van der Waals surface area contributed by atoms with E-state index in [-0.39, 0.29) is 9.92 Å². The number of hydrogen-bond acceptors (Lipinski definition) is 5. The Morgan fingerprint density at radius 1 is 1.37 bits per heavy atom. The second kappa shape index (κ2) is 6.19. The lowest BCUT2D eigenvalue weighted by atomic mass is 10.2. The molecule has 0 saturated heterocycles. The molecule has 0 aliphatic carbocycles. The predicted octanol–water partition coefficient (Wildman–Crippen LogP) is 3.67. The van der Waals surface area contributed by atoms with Gasteiger partial charge >= 0.3 is 5.00 Å². The van der Waals surface area contributed by atoms with Gasteiger partial charge in [-0.3, -0.25) is 10.1 Å². The van der Waals surface area contributed by atoms with Gasteiger partial charge in [0, 0.05) is 23.7 Å². The van der Waals surface area contributed by atoms with E-state index in [1.54, 1.807) is 11.4 Å². The number of anilines is 1. The first-order chi connectivity index (χ1) is 9.19. The van der Waals surface area contributed by atoms with Gasteiger partial charge in [-0.2, -0.15) is 0 Å². The molecule has 1 aromatic carbocycles. The van der Waals surface area contributed by atoms with Crippen LogP contribution >= 0.6 is 11.3 Å². The highest BCUT2D eigenvalue weighted by molar-refractivity contribution is 7.13. The van der Waals surface area contributed by atoms with Gasteiger partial charge in [0.15, 0.2) is 0 Å². The zero-order valence-corrected chi connectivity index (χ0v) is 11.3. The van der Waals surface area contributed by atoms with E-state index >= 15 is 0 Å². The van der Waals surface area contributed by atoms with Gasteiger partial charge in [0.2, 0.25) is 0 Å². The number of benzene rings is 1. The van der Waals surface area contributed by atoms with Crippen LogP contribution in [0.2, 0.25) is 0 Å². The number of hydrogen-bond donors (Lipinski definition) is 1. The van der Waals surface area contributed by atoms with Crippen molar-refractivity contribution in [3.05, 3.63) is 51.4 Å². The minimum absolute atomic E-state index is 0.170. The molecule has 2 rings (SSSR count). The second-order valence-corrected chi connectivity index (χ2v) is 4.75. The Hall–Kier alpha value is -2.08. The molecule has 1 aromatic heterocycles. The molecular weight excluding hydrogens is 264 g/mol. The van der Waals surface area contributed by atoms with E-state index in [9.17, 15) is 10.1 Å². The standard InChI is InChI=1S/C13H14N2O3S/c1-2-18-12-5-3-11(4-6-12)14-8-10-7-13(15(16)17)19-9-10/h3-7,9,14H,2,8H2,1H3. The predicted molar refractivity (Wildman–Crippen MR) is 75.9 cm³/mol. The minimum Gasteiger partial charge on any atom is -0.494 e. The molecule has 0 spiro atoms. The summed E-state index contributed by atoms with van der Waals surface area (Å²) in [4.78, 5) is 10.2. The van der Waals surface area contributed by atoms with Crippen LogP contribution in [-0.2, 0) is 6.54 Å². The van der Waals surface area contributed by atoms with Crippen LogP contribution in [0.4, 0.5) is 10.7 Å². The SMILES string of the molecule is CCOc1ccc(NCc2csc([N+](=O)[O-])c2)cc1. The van der Waals surface area contributed by atoms with Crippen LogP contribution in [0, 0.1) is 10.1 Å². The van der Waals surface area contributed by atoms with Crippen LogP contribution in [0.5, 0.6) is 5.75 Å². The summed E-state index contributed by atoms with van der Waals surface area (Å²) in [7, 11) is 0. The highest BCUT2D eigenvalue weighted by atomic mass is 32.1. The molecule has 1 heterocycles. The first-order valence-corrected chi connectivity index (χ1v) is 6.75. The van der Waals surface area contributed by atoms with Gasteiger partial charge in [0.1, 0.15) is 5.75 Å². The largest absolute Gasteiger partial charge is 0.494 e. The molecule has 0 aliphatic heterocycles. The maximum absolute atomic E-state index is 10.6. The van der Waals surface area contributed by atoms with E-state index in [0.29, 0.717) is 13.2 Å². The fourth-order valence-electron chi connectivity index (χ4n) is 1.59. The minimum atomic E-state index is -0.370. The molecule has 0 amide bonds. The van der Waals surface area contributed by atoms with E-state index in [1.165, 1.54) is 0 Å². The highest BCUT2D eigenvalue weighted by Gasteiger charge is 2.09. The monoisotopic (exact) mass is 278 g/mol. The molecule has 1 N–H and O–H groups in total. The molecule has 0 saturated carbocycles. The zero-order chi connectivity index (χ0) is 13.7. The van der Waals surface area contributed by atoms with Gasteiger partial charge in [-0.1, -0.05) is 11.3 Å². The molecular formula is C13H14N2O3S. The maximum atomic E-state index is 10.6. The third kappa shape index (κ3) is 3.69. The van der Waals surface area contributed by atoms with E-state index in [0.717, 1.165) is 28.3 Å². The average molecular weight is 278 g/mol. The lowest BCUT2D eigenvalue weighted by Crippen LogP contribution is -1.98. The fraction of sp³-hybridized carbons (Fsp3) is 0.231. The van der Waals surface area contributed by atoms with Gasteiger partial charge in [0.05, 0.1) is 11.5 Å². The van der Waals surface area contributed by atoms with Crippen molar-refractivity contribution in [2.45, 2.75) is 13.5 Å². The van der Waals surface area contributed by atoms with Gasteiger partial charge in [0.25, 0.3) is 0 Å². The Labute approximate surface area is 115 Å². The summed E-state index contributed by atoms with van der Waals surface area (Å²) in [5, 5.41) is 15.7. The normalized spacial score (nSPS) is 10.2. The van der Waals surface area contributed by atoms with E-state index in [1.807, 2.05) is 31.2 Å². The highest BCUT2D eigenvalue weighted by Crippen LogP contribution is 2.23. The molecule has 6 heteroatoms. The van der Waals surface area contributed by atoms with Crippen molar-refractivity contribution >= 4 is 22.0 Å². The molecule has 5 nitrogen and oxygen atoms in total. The van der Waals surface area contributed by atoms with Crippen LogP contribution in [0.1, 0.15) is 12.5 Å². The second-order valence-electron chi connectivity index (χ2n) is 3.86. The van der Waals surface area contributed by atoms with Crippen molar-refractivity contribution in [1.29, 1.82) is 0 Å². The van der Waals surface area contributed by atoms with Gasteiger partial charge in [-0.05, 0) is 36.8 Å². The van der Waals surface area contributed by atoms with Crippen molar-refractivity contribution in [2.24, 2.45) is 0 Å². The molecule has 0 aliphatic rings. The Kier molecular flexibility index (Phi) is 4.35. The van der Waals surface area contributed by atoms with Gasteiger partial charge in [-0.15, -0.1) is 0 Å². The molecule has 19 heavy (non-hydrogen) atoms. The van der Waals surface area contributed by atoms with Crippen molar-refractivity contribution in [3.8, 4) is 5.75 Å². The van der Waals surface area contributed by atoms with Gasteiger partial charge < -0.3 is 10.1 Å². The van der Waals surface area contributed by atoms with Crippen LogP contribution < -0.4 is 10.1 Å². The van der Waals surface area contributed by atoms with Crippen molar-refractivity contribution in [2.75, 3.05) is 11.9 Å². The molecule has 0 radical (unpaired) electrons. The smallest absolute Gasteiger partial charge is 0.324 e. The fourth-order valence-corrected chi connectivity index (χ4v) is 2.32. The summed E-state index contributed by atoms with van der Waals surface area (Å²) in [6.45, 7) is 3.15. The summed E-state index contributed by atoms with van der Waals surface area (Å²) < 4.78 is 5.35. The Morgan fingerprint density at radius 2 is 2.11 bits per heavy atom. The third-order valence-electron chi connectivity index (χ3n) is 2.48. The number of nitro groups is 1. The zero-order valence-electron chi connectivity index (χ0n) is 10.5. The van der Waals surface area contributed by atoms with Crippen LogP contribution in [0.15, 0.2) is 35.7 Å². The number of thiophene rings is 1. The third-order valence-corrected chi connectivity index (χ3v) is 3.41. The first kappa shape index (κ1) is 13.4. The molecule has 2 aromatic rings. The number of rotatable bonds is 6. The summed E-state index contributed by atoms with van der Waals surface area (Å²) in [6.07, 6.45) is 0. The summed E-state index contributed by atoms with van der Waals surface area (Å²) in [5.41, 5.74) is 1.86. The van der Waals surface area contributed by atoms with E-state index in [2.05, 4.69) is 5.32 Å². The lowest BCUT2D eigenvalue weighted by molar-refractivity contribution is -0.380. The summed E-state index contributed by atoms with van der Waals surface area (Å²) >= 11 is 1.14. The Balaban J connectivity index is 1.92. The Bertz CT molecular complexity index is 551. The average Bonchev–Trinajstić information content (AvgIpc) is 2.87. The maximum Gasteiger partial charge on any atom is 0.324 e.